The molecule has 0 saturated heterocycles. The molecule has 0 fully saturated rings. The van der Waals surface area contributed by atoms with Gasteiger partial charge in [0, 0.05) is 11.6 Å². The first kappa shape index (κ1) is 11.4. The average molecular weight is 304 g/mol. The van der Waals surface area contributed by atoms with Crippen LogP contribution in [-0.2, 0) is 4.74 Å². The Balaban J connectivity index is 2.56. The average Bonchev–Trinajstić information content (AvgIpc) is 2.62. The summed E-state index contributed by atoms with van der Waals surface area (Å²) in [6, 6.07) is 3.58. The first-order chi connectivity index (χ1) is 7.63. The molecule has 0 atom stereocenters. The van der Waals surface area contributed by atoms with Gasteiger partial charge in [-0.15, -0.1) is 0 Å². The van der Waals surface area contributed by atoms with Crippen molar-refractivity contribution in [2.75, 3.05) is 6.61 Å². The highest BCUT2D eigenvalue weighted by atomic mass is 79.9. The molecule has 0 spiro atoms. The monoisotopic (exact) mass is 302 g/mol. The Morgan fingerprint density at radius 2 is 2.44 bits per heavy atom. The number of carbonyl (C=O) groups excluding carboxylic acids is 1. The molecular weight excluding hydrogens is 295 g/mol. The number of carbonyl (C=O) groups is 1. The zero-order valence-electron chi connectivity index (χ0n) is 8.41. The van der Waals surface area contributed by atoms with E-state index < -0.39 is 6.09 Å². The fourth-order valence-electron chi connectivity index (χ4n) is 1.35. The number of hydrogen-bond acceptors (Lipinski definition) is 3. The SMILES string of the molecule is CCOC(=O)n1ccc2cc(Br)c(Cl)nc21. The van der Waals surface area contributed by atoms with Crippen molar-refractivity contribution in [1.29, 1.82) is 0 Å². The van der Waals surface area contributed by atoms with E-state index in [4.69, 9.17) is 16.3 Å². The lowest BCUT2D eigenvalue weighted by molar-refractivity contribution is 0.155. The molecule has 0 aliphatic carbocycles. The maximum atomic E-state index is 11.6. The van der Waals surface area contributed by atoms with Crippen LogP contribution in [0.5, 0.6) is 0 Å². The molecule has 2 rings (SSSR count). The molecule has 2 heterocycles. The van der Waals surface area contributed by atoms with Crippen LogP contribution in [0.15, 0.2) is 22.8 Å². The van der Waals surface area contributed by atoms with Crippen molar-refractivity contribution in [3.05, 3.63) is 28.0 Å². The molecule has 2 aromatic rings. The second kappa shape index (κ2) is 4.43. The quantitative estimate of drug-likeness (QED) is 0.758. The molecule has 0 amide bonds. The van der Waals surface area contributed by atoms with Crippen molar-refractivity contribution in [3.63, 3.8) is 0 Å². The highest BCUT2D eigenvalue weighted by Crippen LogP contribution is 2.25. The van der Waals surface area contributed by atoms with E-state index in [1.807, 2.05) is 0 Å². The van der Waals surface area contributed by atoms with Crippen molar-refractivity contribution in [3.8, 4) is 0 Å². The van der Waals surface area contributed by atoms with E-state index in [-0.39, 0.29) is 0 Å². The van der Waals surface area contributed by atoms with Crippen LogP contribution in [-0.4, -0.2) is 22.3 Å². The number of rotatable bonds is 1. The molecule has 2 aromatic heterocycles. The first-order valence-corrected chi connectivity index (χ1v) is 5.80. The minimum atomic E-state index is -0.455. The Labute approximate surface area is 105 Å². The molecule has 84 valence electrons. The van der Waals surface area contributed by atoms with Gasteiger partial charge in [0.2, 0.25) is 0 Å². The van der Waals surface area contributed by atoms with Crippen LogP contribution in [0, 0.1) is 0 Å². The van der Waals surface area contributed by atoms with E-state index in [1.54, 1.807) is 25.3 Å². The van der Waals surface area contributed by atoms with Crippen molar-refractivity contribution < 1.29 is 9.53 Å². The predicted molar refractivity (Wildman–Crippen MR) is 64.9 cm³/mol. The van der Waals surface area contributed by atoms with Gasteiger partial charge in [0.15, 0.2) is 5.65 Å². The highest BCUT2D eigenvalue weighted by Gasteiger charge is 2.12. The maximum absolute atomic E-state index is 11.6. The summed E-state index contributed by atoms with van der Waals surface area (Å²) in [6.45, 7) is 2.07. The molecule has 6 heteroatoms. The highest BCUT2D eigenvalue weighted by molar-refractivity contribution is 9.10. The summed E-state index contributed by atoms with van der Waals surface area (Å²) in [5, 5.41) is 1.14. The van der Waals surface area contributed by atoms with Crippen LogP contribution in [0.4, 0.5) is 4.79 Å². The smallest absolute Gasteiger partial charge is 0.419 e. The Morgan fingerprint density at radius 1 is 1.69 bits per heavy atom. The van der Waals surface area contributed by atoms with Gasteiger partial charge in [-0.3, -0.25) is 0 Å². The molecule has 0 aliphatic heterocycles. The van der Waals surface area contributed by atoms with E-state index in [0.29, 0.717) is 21.9 Å². The molecule has 0 N–H and O–H groups in total. The summed E-state index contributed by atoms with van der Waals surface area (Å²) in [6.07, 6.45) is 1.15. The summed E-state index contributed by atoms with van der Waals surface area (Å²) in [7, 11) is 0. The van der Waals surface area contributed by atoms with Crippen molar-refractivity contribution in [1.82, 2.24) is 9.55 Å². The fraction of sp³-hybridized carbons (Fsp3) is 0.200. The molecule has 0 aromatic carbocycles. The Bertz CT molecular complexity index is 553. The summed E-state index contributed by atoms with van der Waals surface area (Å²) in [5.41, 5.74) is 0.492. The Morgan fingerprint density at radius 3 is 3.12 bits per heavy atom. The second-order valence-electron chi connectivity index (χ2n) is 3.06. The molecule has 0 bridgehead atoms. The molecular formula is C10H8BrClN2O2. The van der Waals surface area contributed by atoms with Crippen LogP contribution < -0.4 is 0 Å². The number of hydrogen-bond donors (Lipinski definition) is 0. The van der Waals surface area contributed by atoms with Gasteiger partial charge in [0.1, 0.15) is 5.15 Å². The van der Waals surface area contributed by atoms with E-state index in [1.165, 1.54) is 4.57 Å². The van der Waals surface area contributed by atoms with Gasteiger partial charge in [-0.2, -0.15) is 0 Å². The van der Waals surface area contributed by atoms with Gasteiger partial charge in [-0.05, 0) is 35.0 Å². The van der Waals surface area contributed by atoms with Gasteiger partial charge in [0.25, 0.3) is 0 Å². The zero-order chi connectivity index (χ0) is 11.7. The summed E-state index contributed by atoms with van der Waals surface area (Å²) in [5.74, 6) is 0. The molecule has 0 aliphatic rings. The Hall–Kier alpha value is -1.07. The number of aromatic nitrogens is 2. The van der Waals surface area contributed by atoms with Crippen LogP contribution in [0.1, 0.15) is 6.92 Å². The van der Waals surface area contributed by atoms with Crippen LogP contribution >= 0.6 is 27.5 Å². The number of pyridine rings is 1. The van der Waals surface area contributed by atoms with Gasteiger partial charge >= 0.3 is 6.09 Å². The maximum Gasteiger partial charge on any atom is 0.419 e. The van der Waals surface area contributed by atoms with E-state index in [2.05, 4.69) is 20.9 Å². The van der Waals surface area contributed by atoms with Crippen LogP contribution in [0.25, 0.3) is 11.0 Å². The van der Waals surface area contributed by atoms with Gasteiger partial charge < -0.3 is 4.74 Å². The molecule has 0 saturated carbocycles. The third-order valence-electron chi connectivity index (χ3n) is 2.04. The number of halogens is 2. The predicted octanol–water partition coefficient (Wildman–Crippen LogP) is 3.46. The lowest BCUT2D eigenvalue weighted by Crippen LogP contribution is -2.12. The van der Waals surface area contributed by atoms with Gasteiger partial charge in [-0.1, -0.05) is 11.6 Å². The molecule has 0 radical (unpaired) electrons. The molecule has 0 unspecified atom stereocenters. The minimum absolute atomic E-state index is 0.316. The van der Waals surface area contributed by atoms with E-state index >= 15 is 0 Å². The first-order valence-electron chi connectivity index (χ1n) is 4.63. The van der Waals surface area contributed by atoms with Crippen LogP contribution in [0.2, 0.25) is 5.15 Å². The summed E-state index contributed by atoms with van der Waals surface area (Å²) < 4.78 is 6.92. The number of nitrogens with zero attached hydrogens (tertiary/aromatic N) is 2. The number of ether oxygens (including phenoxy) is 1. The minimum Gasteiger partial charge on any atom is -0.449 e. The van der Waals surface area contributed by atoms with Gasteiger partial charge in [-0.25, -0.2) is 14.3 Å². The molecule has 16 heavy (non-hydrogen) atoms. The summed E-state index contributed by atoms with van der Waals surface area (Å²) in [4.78, 5) is 15.7. The topological polar surface area (TPSA) is 44.1 Å². The van der Waals surface area contributed by atoms with E-state index in [9.17, 15) is 4.79 Å². The summed E-state index contributed by atoms with van der Waals surface area (Å²) >= 11 is 9.15. The third-order valence-corrected chi connectivity index (χ3v) is 3.16. The van der Waals surface area contributed by atoms with Crippen LogP contribution in [0.3, 0.4) is 0 Å². The largest absolute Gasteiger partial charge is 0.449 e. The van der Waals surface area contributed by atoms with E-state index in [0.717, 1.165) is 5.39 Å². The standard InChI is InChI=1S/C10H8BrClN2O2/c1-2-16-10(15)14-4-3-6-5-7(11)8(12)13-9(6)14/h3-5H,2H2,1H3. The zero-order valence-corrected chi connectivity index (χ0v) is 10.7. The second-order valence-corrected chi connectivity index (χ2v) is 4.27. The fourth-order valence-corrected chi connectivity index (χ4v) is 1.82. The number of fused-ring (bicyclic) bond motifs is 1. The molecule has 4 nitrogen and oxygen atoms in total. The Kier molecular flexibility index (Phi) is 3.16. The van der Waals surface area contributed by atoms with Gasteiger partial charge in [0.05, 0.1) is 11.1 Å². The lowest BCUT2D eigenvalue weighted by atomic mass is 10.3. The van der Waals surface area contributed by atoms with Crippen molar-refractivity contribution >= 4 is 44.7 Å². The van der Waals surface area contributed by atoms with Crippen molar-refractivity contribution in [2.45, 2.75) is 6.92 Å². The van der Waals surface area contributed by atoms with Crippen molar-refractivity contribution in [2.24, 2.45) is 0 Å². The lowest BCUT2D eigenvalue weighted by Gasteiger charge is -2.03. The third kappa shape index (κ3) is 1.92. The normalized spacial score (nSPS) is 10.7.